The molecule has 2 nitrogen and oxygen atoms in total. The van der Waals surface area contributed by atoms with Crippen molar-refractivity contribution in [3.8, 4) is 0 Å². The fraction of sp³-hybridized carbons (Fsp3) is 0.833. The highest BCUT2D eigenvalue weighted by Gasteiger charge is 2.36. The zero-order valence-corrected chi connectivity index (χ0v) is 8.52. The molecule has 0 spiro atoms. The standard InChI is InChI=1S/C12H18O2/c1-2-12(13-5-1)14-8-11-7-9-3-4-10(11)6-9/h3-4,9-12H,1-2,5-8H2. The first-order valence-corrected chi connectivity index (χ1v) is 5.83. The third kappa shape index (κ3) is 1.61. The summed E-state index contributed by atoms with van der Waals surface area (Å²) in [6.45, 7) is 1.80. The molecule has 0 N–H and O–H groups in total. The van der Waals surface area contributed by atoms with Crippen molar-refractivity contribution in [2.45, 2.75) is 32.0 Å². The Morgan fingerprint density at radius 1 is 1.29 bits per heavy atom. The summed E-state index contributed by atoms with van der Waals surface area (Å²) in [5.74, 6) is 2.44. The van der Waals surface area contributed by atoms with Crippen molar-refractivity contribution in [1.29, 1.82) is 0 Å². The molecule has 0 radical (unpaired) electrons. The maximum Gasteiger partial charge on any atom is 0.157 e. The van der Waals surface area contributed by atoms with Crippen molar-refractivity contribution < 1.29 is 9.47 Å². The van der Waals surface area contributed by atoms with E-state index in [1.54, 1.807) is 0 Å². The molecule has 4 unspecified atom stereocenters. The highest BCUT2D eigenvalue weighted by molar-refractivity contribution is 5.09. The molecule has 1 saturated carbocycles. The van der Waals surface area contributed by atoms with E-state index < -0.39 is 0 Å². The van der Waals surface area contributed by atoms with Gasteiger partial charge in [0.2, 0.25) is 0 Å². The normalized spacial score (nSPS) is 45.1. The maximum absolute atomic E-state index is 5.78. The van der Waals surface area contributed by atoms with Gasteiger partial charge < -0.3 is 9.47 Å². The summed E-state index contributed by atoms with van der Waals surface area (Å²) in [6, 6.07) is 0. The zero-order chi connectivity index (χ0) is 9.38. The van der Waals surface area contributed by atoms with Crippen LogP contribution in [0.1, 0.15) is 25.7 Å². The Hall–Kier alpha value is -0.340. The smallest absolute Gasteiger partial charge is 0.157 e. The van der Waals surface area contributed by atoms with Crippen LogP contribution >= 0.6 is 0 Å². The largest absolute Gasteiger partial charge is 0.353 e. The van der Waals surface area contributed by atoms with Crippen LogP contribution in [0.4, 0.5) is 0 Å². The van der Waals surface area contributed by atoms with Gasteiger partial charge in [-0.05, 0) is 37.0 Å². The fourth-order valence-electron chi connectivity index (χ4n) is 3.00. The zero-order valence-electron chi connectivity index (χ0n) is 8.52. The second-order valence-electron chi connectivity index (χ2n) is 4.82. The summed E-state index contributed by atoms with van der Waals surface area (Å²) in [4.78, 5) is 0. The fourth-order valence-corrected chi connectivity index (χ4v) is 3.00. The molecule has 0 aromatic carbocycles. The van der Waals surface area contributed by atoms with E-state index in [1.165, 1.54) is 19.3 Å². The van der Waals surface area contributed by atoms with E-state index in [0.29, 0.717) is 0 Å². The topological polar surface area (TPSA) is 18.5 Å². The van der Waals surface area contributed by atoms with Gasteiger partial charge in [0.1, 0.15) is 0 Å². The SMILES string of the molecule is C1=CC2CC1CC2COC1CCCO1. The van der Waals surface area contributed by atoms with Gasteiger partial charge in [-0.25, -0.2) is 0 Å². The quantitative estimate of drug-likeness (QED) is 0.642. The summed E-state index contributed by atoms with van der Waals surface area (Å²) < 4.78 is 11.2. The molecule has 2 bridgehead atoms. The molecule has 1 heterocycles. The molecule has 2 heteroatoms. The lowest BCUT2D eigenvalue weighted by Crippen LogP contribution is -2.20. The maximum atomic E-state index is 5.78. The van der Waals surface area contributed by atoms with Gasteiger partial charge in [0.25, 0.3) is 0 Å². The predicted molar refractivity (Wildman–Crippen MR) is 53.8 cm³/mol. The highest BCUT2D eigenvalue weighted by Crippen LogP contribution is 2.43. The number of fused-ring (bicyclic) bond motifs is 2. The molecule has 4 atom stereocenters. The van der Waals surface area contributed by atoms with Crippen LogP contribution in [0, 0.1) is 17.8 Å². The van der Waals surface area contributed by atoms with Crippen LogP contribution in [0.5, 0.6) is 0 Å². The molecule has 2 aliphatic carbocycles. The Balaban J connectivity index is 1.47. The summed E-state index contributed by atoms with van der Waals surface area (Å²) in [6.07, 6.45) is 9.86. The van der Waals surface area contributed by atoms with Gasteiger partial charge in [-0.2, -0.15) is 0 Å². The molecule has 14 heavy (non-hydrogen) atoms. The molecule has 3 aliphatic rings. The monoisotopic (exact) mass is 194 g/mol. The molecule has 2 fully saturated rings. The lowest BCUT2D eigenvalue weighted by atomic mass is 9.95. The number of allylic oxidation sites excluding steroid dienone is 2. The predicted octanol–water partition coefficient (Wildman–Crippen LogP) is 2.35. The lowest BCUT2D eigenvalue weighted by molar-refractivity contribution is -0.121. The van der Waals surface area contributed by atoms with Gasteiger partial charge in [-0.1, -0.05) is 12.2 Å². The van der Waals surface area contributed by atoms with E-state index >= 15 is 0 Å². The molecular weight excluding hydrogens is 176 g/mol. The Bertz CT molecular complexity index is 230. The van der Waals surface area contributed by atoms with Crippen LogP contribution in [0.3, 0.4) is 0 Å². The van der Waals surface area contributed by atoms with Gasteiger partial charge in [0.15, 0.2) is 6.29 Å². The first kappa shape index (κ1) is 8.93. The summed E-state index contributed by atoms with van der Waals surface area (Å²) in [5.41, 5.74) is 0. The number of hydrogen-bond donors (Lipinski definition) is 0. The second kappa shape index (κ2) is 3.67. The van der Waals surface area contributed by atoms with E-state index in [1.807, 2.05) is 0 Å². The highest BCUT2D eigenvalue weighted by atomic mass is 16.7. The molecular formula is C12H18O2. The van der Waals surface area contributed by atoms with E-state index in [2.05, 4.69) is 12.2 Å². The van der Waals surface area contributed by atoms with Crippen molar-refractivity contribution in [2.24, 2.45) is 17.8 Å². The third-order valence-corrected chi connectivity index (χ3v) is 3.80. The number of rotatable bonds is 3. The Kier molecular flexibility index (Phi) is 2.34. The first-order chi connectivity index (χ1) is 6.92. The first-order valence-electron chi connectivity index (χ1n) is 5.83. The van der Waals surface area contributed by atoms with Crippen LogP contribution in [0.2, 0.25) is 0 Å². The average molecular weight is 194 g/mol. The van der Waals surface area contributed by atoms with Crippen LogP contribution < -0.4 is 0 Å². The second-order valence-corrected chi connectivity index (χ2v) is 4.82. The summed E-state index contributed by atoms with van der Waals surface area (Å²) >= 11 is 0. The van der Waals surface area contributed by atoms with Gasteiger partial charge in [-0.15, -0.1) is 0 Å². The van der Waals surface area contributed by atoms with Gasteiger partial charge in [-0.3, -0.25) is 0 Å². The molecule has 1 saturated heterocycles. The van der Waals surface area contributed by atoms with Gasteiger partial charge >= 0.3 is 0 Å². The molecule has 0 aromatic rings. The van der Waals surface area contributed by atoms with Crippen molar-refractivity contribution in [3.05, 3.63) is 12.2 Å². The third-order valence-electron chi connectivity index (χ3n) is 3.80. The van der Waals surface area contributed by atoms with Crippen LogP contribution in [0.25, 0.3) is 0 Å². The number of hydrogen-bond acceptors (Lipinski definition) is 2. The minimum absolute atomic E-state index is 0.109. The van der Waals surface area contributed by atoms with Gasteiger partial charge in [0, 0.05) is 13.0 Å². The molecule has 1 aliphatic heterocycles. The van der Waals surface area contributed by atoms with Crippen molar-refractivity contribution in [2.75, 3.05) is 13.2 Å². The van der Waals surface area contributed by atoms with E-state index in [-0.39, 0.29) is 6.29 Å². The molecule has 0 amide bonds. The average Bonchev–Trinajstić information content (AvgIpc) is 2.91. The van der Waals surface area contributed by atoms with E-state index in [0.717, 1.165) is 37.4 Å². The van der Waals surface area contributed by atoms with E-state index in [9.17, 15) is 0 Å². The Morgan fingerprint density at radius 3 is 2.93 bits per heavy atom. The molecule has 0 aromatic heterocycles. The van der Waals surface area contributed by atoms with E-state index in [4.69, 9.17) is 9.47 Å². The minimum Gasteiger partial charge on any atom is -0.353 e. The Labute approximate surface area is 85.3 Å². The van der Waals surface area contributed by atoms with Crippen LogP contribution in [-0.2, 0) is 9.47 Å². The molecule has 78 valence electrons. The van der Waals surface area contributed by atoms with Crippen molar-refractivity contribution in [3.63, 3.8) is 0 Å². The summed E-state index contributed by atoms with van der Waals surface area (Å²) in [5, 5.41) is 0. The summed E-state index contributed by atoms with van der Waals surface area (Å²) in [7, 11) is 0. The van der Waals surface area contributed by atoms with Gasteiger partial charge in [0.05, 0.1) is 6.61 Å². The lowest BCUT2D eigenvalue weighted by Gasteiger charge is -2.20. The van der Waals surface area contributed by atoms with Crippen molar-refractivity contribution >= 4 is 0 Å². The Morgan fingerprint density at radius 2 is 2.29 bits per heavy atom. The van der Waals surface area contributed by atoms with Crippen LogP contribution in [0.15, 0.2) is 12.2 Å². The van der Waals surface area contributed by atoms with Crippen LogP contribution in [-0.4, -0.2) is 19.5 Å². The minimum atomic E-state index is 0.109. The molecule has 3 rings (SSSR count). The number of ether oxygens (including phenoxy) is 2. The van der Waals surface area contributed by atoms with Crippen molar-refractivity contribution in [1.82, 2.24) is 0 Å².